The van der Waals surface area contributed by atoms with Crippen molar-refractivity contribution in [2.75, 3.05) is 0 Å². The lowest BCUT2D eigenvalue weighted by Crippen LogP contribution is -1.81. The van der Waals surface area contributed by atoms with Gasteiger partial charge in [0.05, 0.1) is 5.69 Å². The van der Waals surface area contributed by atoms with Crippen molar-refractivity contribution in [3.05, 3.63) is 29.7 Å². The average molecular weight is 165 g/mol. The first-order chi connectivity index (χ1) is 5.83. The van der Waals surface area contributed by atoms with E-state index in [1.54, 1.807) is 0 Å². The Bertz CT molecular complexity index is 250. The van der Waals surface area contributed by atoms with Crippen LogP contribution in [-0.2, 0) is 6.42 Å². The molecule has 0 atom stereocenters. The topological polar surface area (TPSA) is 26.0 Å². The first kappa shape index (κ1) is 9.04. The molecule has 1 rings (SSSR count). The van der Waals surface area contributed by atoms with Crippen molar-refractivity contribution < 1.29 is 4.52 Å². The lowest BCUT2D eigenvalue weighted by atomic mass is 10.2. The zero-order chi connectivity index (χ0) is 8.81. The maximum atomic E-state index is 4.95. The van der Waals surface area contributed by atoms with Gasteiger partial charge in [0.15, 0.2) is 0 Å². The third-order valence-corrected chi connectivity index (χ3v) is 1.65. The summed E-state index contributed by atoms with van der Waals surface area (Å²) in [5.41, 5.74) is 1.05. The normalized spacial score (nSPS) is 11.2. The fraction of sp³-hybridized carbons (Fsp3) is 0.500. The minimum Gasteiger partial charge on any atom is -0.361 e. The molecule has 0 aliphatic carbocycles. The second-order valence-corrected chi connectivity index (χ2v) is 2.85. The van der Waals surface area contributed by atoms with E-state index >= 15 is 0 Å². The van der Waals surface area contributed by atoms with Crippen molar-refractivity contribution in [1.29, 1.82) is 0 Å². The maximum Gasteiger partial charge on any atom is 0.133 e. The van der Waals surface area contributed by atoms with Crippen LogP contribution in [0.1, 0.15) is 31.2 Å². The van der Waals surface area contributed by atoms with Crippen molar-refractivity contribution in [2.24, 2.45) is 0 Å². The van der Waals surface area contributed by atoms with Crippen LogP contribution >= 0.6 is 0 Å². The van der Waals surface area contributed by atoms with Gasteiger partial charge in [-0.1, -0.05) is 24.2 Å². The number of hydrogen-bond acceptors (Lipinski definition) is 2. The van der Waals surface area contributed by atoms with Crippen LogP contribution < -0.4 is 0 Å². The molecular formula is C10H15NO. The van der Waals surface area contributed by atoms with Crippen molar-refractivity contribution in [3.8, 4) is 0 Å². The van der Waals surface area contributed by atoms with Crippen molar-refractivity contribution in [3.63, 3.8) is 0 Å². The Kier molecular flexibility index (Phi) is 3.58. The summed E-state index contributed by atoms with van der Waals surface area (Å²) < 4.78 is 4.95. The number of aryl methyl sites for hydroxylation is 2. The molecule has 0 unspecified atom stereocenters. The molecule has 12 heavy (non-hydrogen) atoms. The standard InChI is InChI=1S/C10H15NO/c1-3-4-5-6-7-10-8-9(2)12-11-10/h4-5,8H,3,6-7H2,1-2H3/b5-4+. The van der Waals surface area contributed by atoms with E-state index in [0.29, 0.717) is 0 Å². The Morgan fingerprint density at radius 2 is 2.33 bits per heavy atom. The van der Waals surface area contributed by atoms with Crippen molar-refractivity contribution in [2.45, 2.75) is 33.1 Å². The predicted molar refractivity (Wildman–Crippen MR) is 49.0 cm³/mol. The highest BCUT2D eigenvalue weighted by atomic mass is 16.5. The van der Waals surface area contributed by atoms with E-state index in [4.69, 9.17) is 4.52 Å². The fourth-order valence-corrected chi connectivity index (χ4v) is 1.05. The van der Waals surface area contributed by atoms with Crippen LogP contribution in [0.15, 0.2) is 22.7 Å². The number of rotatable bonds is 4. The fourth-order valence-electron chi connectivity index (χ4n) is 1.05. The number of allylic oxidation sites excluding steroid dienone is 2. The first-order valence-corrected chi connectivity index (χ1v) is 4.40. The summed E-state index contributed by atoms with van der Waals surface area (Å²) in [5, 5.41) is 3.90. The summed E-state index contributed by atoms with van der Waals surface area (Å²) in [7, 11) is 0. The van der Waals surface area contributed by atoms with Crippen LogP contribution in [0.2, 0.25) is 0 Å². The van der Waals surface area contributed by atoms with Crippen LogP contribution in [0, 0.1) is 6.92 Å². The summed E-state index contributed by atoms with van der Waals surface area (Å²) in [6, 6.07) is 1.99. The van der Waals surface area contributed by atoms with Gasteiger partial charge in [0.2, 0.25) is 0 Å². The van der Waals surface area contributed by atoms with E-state index in [0.717, 1.165) is 30.7 Å². The molecule has 0 spiro atoms. The highest BCUT2D eigenvalue weighted by Crippen LogP contribution is 2.04. The van der Waals surface area contributed by atoms with Gasteiger partial charge in [0.25, 0.3) is 0 Å². The third-order valence-electron chi connectivity index (χ3n) is 1.65. The van der Waals surface area contributed by atoms with E-state index in [1.807, 2.05) is 13.0 Å². The van der Waals surface area contributed by atoms with Gasteiger partial charge >= 0.3 is 0 Å². The molecule has 0 radical (unpaired) electrons. The Morgan fingerprint density at radius 1 is 1.50 bits per heavy atom. The molecule has 1 aromatic heterocycles. The molecule has 0 N–H and O–H groups in total. The van der Waals surface area contributed by atoms with Gasteiger partial charge in [0, 0.05) is 6.07 Å². The average Bonchev–Trinajstić information content (AvgIpc) is 2.45. The Morgan fingerprint density at radius 3 is 2.92 bits per heavy atom. The summed E-state index contributed by atoms with van der Waals surface area (Å²) >= 11 is 0. The molecule has 0 aliphatic rings. The Labute approximate surface area is 73.3 Å². The maximum absolute atomic E-state index is 4.95. The molecule has 0 aromatic carbocycles. The summed E-state index contributed by atoms with van der Waals surface area (Å²) in [6.07, 6.45) is 7.50. The van der Waals surface area contributed by atoms with Gasteiger partial charge < -0.3 is 4.52 Å². The van der Waals surface area contributed by atoms with Crippen molar-refractivity contribution >= 4 is 0 Å². The largest absolute Gasteiger partial charge is 0.361 e. The lowest BCUT2D eigenvalue weighted by molar-refractivity contribution is 0.390. The lowest BCUT2D eigenvalue weighted by Gasteiger charge is -1.87. The van der Waals surface area contributed by atoms with E-state index in [1.165, 1.54) is 0 Å². The van der Waals surface area contributed by atoms with Crippen molar-refractivity contribution in [1.82, 2.24) is 5.16 Å². The molecule has 1 heterocycles. The van der Waals surface area contributed by atoms with Crippen LogP contribution in [-0.4, -0.2) is 5.16 Å². The smallest absolute Gasteiger partial charge is 0.133 e. The first-order valence-electron chi connectivity index (χ1n) is 4.40. The molecule has 0 saturated carbocycles. The van der Waals surface area contributed by atoms with Gasteiger partial charge in [-0.05, 0) is 26.2 Å². The molecule has 1 aromatic rings. The molecule has 2 nitrogen and oxygen atoms in total. The van der Waals surface area contributed by atoms with Crippen LogP contribution in [0.5, 0.6) is 0 Å². The highest BCUT2D eigenvalue weighted by molar-refractivity contribution is 5.04. The SMILES string of the molecule is CC/C=C/CCc1cc(C)on1. The van der Waals surface area contributed by atoms with Gasteiger partial charge in [-0.25, -0.2) is 0 Å². The molecule has 0 amide bonds. The quantitative estimate of drug-likeness (QED) is 0.641. The minimum absolute atomic E-state index is 0.893. The third kappa shape index (κ3) is 2.91. The minimum atomic E-state index is 0.893. The Balaban J connectivity index is 2.28. The van der Waals surface area contributed by atoms with E-state index in [2.05, 4.69) is 24.2 Å². The van der Waals surface area contributed by atoms with Crippen LogP contribution in [0.4, 0.5) is 0 Å². The zero-order valence-corrected chi connectivity index (χ0v) is 7.71. The molecule has 0 bridgehead atoms. The van der Waals surface area contributed by atoms with E-state index in [9.17, 15) is 0 Å². The van der Waals surface area contributed by atoms with Crippen LogP contribution in [0.25, 0.3) is 0 Å². The molecule has 0 aliphatic heterocycles. The number of nitrogens with zero attached hydrogens (tertiary/aromatic N) is 1. The highest BCUT2D eigenvalue weighted by Gasteiger charge is 1.96. The molecule has 0 fully saturated rings. The van der Waals surface area contributed by atoms with Gasteiger partial charge in [-0.15, -0.1) is 0 Å². The summed E-state index contributed by atoms with van der Waals surface area (Å²) in [6.45, 7) is 4.05. The summed E-state index contributed by atoms with van der Waals surface area (Å²) in [5.74, 6) is 0.893. The zero-order valence-electron chi connectivity index (χ0n) is 7.71. The Hall–Kier alpha value is -1.05. The van der Waals surface area contributed by atoms with Gasteiger partial charge in [0.1, 0.15) is 5.76 Å². The molecule has 0 saturated heterocycles. The molecular weight excluding hydrogens is 150 g/mol. The monoisotopic (exact) mass is 165 g/mol. The van der Waals surface area contributed by atoms with Crippen LogP contribution in [0.3, 0.4) is 0 Å². The molecule has 66 valence electrons. The van der Waals surface area contributed by atoms with E-state index < -0.39 is 0 Å². The predicted octanol–water partition coefficient (Wildman–Crippen LogP) is 2.88. The number of hydrogen-bond donors (Lipinski definition) is 0. The number of aromatic nitrogens is 1. The summed E-state index contributed by atoms with van der Waals surface area (Å²) in [4.78, 5) is 0. The second kappa shape index (κ2) is 4.75. The van der Waals surface area contributed by atoms with Gasteiger partial charge in [-0.2, -0.15) is 0 Å². The molecule has 2 heteroatoms. The van der Waals surface area contributed by atoms with E-state index in [-0.39, 0.29) is 0 Å². The second-order valence-electron chi connectivity index (χ2n) is 2.85. The van der Waals surface area contributed by atoms with Gasteiger partial charge in [-0.3, -0.25) is 0 Å².